The van der Waals surface area contributed by atoms with E-state index in [2.05, 4.69) is 9.88 Å². The summed E-state index contributed by atoms with van der Waals surface area (Å²) in [5.74, 6) is 1.04. The fourth-order valence-electron chi connectivity index (χ4n) is 5.06. The van der Waals surface area contributed by atoms with Gasteiger partial charge in [0.1, 0.15) is 17.4 Å². The first-order chi connectivity index (χ1) is 18.9. The average molecular weight is 542 g/mol. The Hall–Kier alpha value is -4.56. The third kappa shape index (κ3) is 4.42. The van der Waals surface area contributed by atoms with Crippen molar-refractivity contribution in [2.24, 2.45) is 0 Å². The standard InChI is InChI=1S/C30H25ClFN5O2/c1-19-24-18-36(30(38)33-21-12-15-26(32)25(31)17-21)28(20-10-13-23(39-2)14-11-20)27-9-6-16-35(27)29(24)37(34-19)22-7-4-3-5-8-22/h3-17,28H,18H2,1-2H3,(H,33,38)/t28-/m1/s1. The Kier molecular flexibility index (Phi) is 6.32. The number of amides is 2. The second-order valence-electron chi connectivity index (χ2n) is 9.30. The van der Waals surface area contributed by atoms with Crippen molar-refractivity contribution >= 4 is 23.3 Å². The largest absolute Gasteiger partial charge is 0.497 e. The Labute approximate surface area is 230 Å². The van der Waals surface area contributed by atoms with Gasteiger partial charge in [-0.05, 0) is 67.1 Å². The van der Waals surface area contributed by atoms with Crippen LogP contribution in [0.4, 0.5) is 14.9 Å². The summed E-state index contributed by atoms with van der Waals surface area (Å²) in [7, 11) is 1.62. The number of carbonyl (C=O) groups excluding carboxylic acids is 1. The molecule has 2 aromatic heterocycles. The normalized spacial score (nSPS) is 14.4. The number of rotatable bonds is 4. The first-order valence-corrected chi connectivity index (χ1v) is 12.8. The van der Waals surface area contributed by atoms with Gasteiger partial charge in [-0.1, -0.05) is 41.9 Å². The lowest BCUT2D eigenvalue weighted by atomic mass is 10.0. The van der Waals surface area contributed by atoms with Crippen molar-refractivity contribution in [3.05, 3.63) is 124 Å². The molecule has 1 aliphatic rings. The lowest BCUT2D eigenvalue weighted by molar-refractivity contribution is 0.194. The van der Waals surface area contributed by atoms with Crippen LogP contribution in [0.25, 0.3) is 11.5 Å². The van der Waals surface area contributed by atoms with E-state index < -0.39 is 11.9 Å². The van der Waals surface area contributed by atoms with Gasteiger partial charge in [0.05, 0.1) is 41.8 Å². The molecular formula is C30H25ClFN5O2. The molecule has 196 valence electrons. The van der Waals surface area contributed by atoms with Gasteiger partial charge in [0, 0.05) is 17.4 Å². The van der Waals surface area contributed by atoms with Gasteiger partial charge in [0.15, 0.2) is 0 Å². The topological polar surface area (TPSA) is 64.3 Å². The molecule has 2 amide bonds. The number of carbonyl (C=O) groups is 1. The van der Waals surface area contributed by atoms with Crippen LogP contribution in [0.3, 0.4) is 0 Å². The molecular weight excluding hydrogens is 517 g/mol. The molecule has 6 rings (SSSR count). The van der Waals surface area contributed by atoms with Crippen molar-refractivity contribution < 1.29 is 13.9 Å². The number of hydrogen-bond acceptors (Lipinski definition) is 3. The van der Waals surface area contributed by atoms with Crippen LogP contribution in [0, 0.1) is 12.7 Å². The van der Waals surface area contributed by atoms with Gasteiger partial charge < -0.3 is 19.5 Å². The summed E-state index contributed by atoms with van der Waals surface area (Å²) < 4.78 is 23.2. The van der Waals surface area contributed by atoms with E-state index in [9.17, 15) is 9.18 Å². The van der Waals surface area contributed by atoms with Gasteiger partial charge in [-0.3, -0.25) is 0 Å². The summed E-state index contributed by atoms with van der Waals surface area (Å²) in [6.07, 6.45) is 1.99. The van der Waals surface area contributed by atoms with Crippen LogP contribution in [-0.2, 0) is 6.54 Å². The maximum absolute atomic E-state index is 14.0. The number of nitrogens with one attached hydrogen (secondary N) is 1. The van der Waals surface area contributed by atoms with E-state index >= 15 is 0 Å². The second kappa shape index (κ2) is 9.96. The van der Waals surface area contributed by atoms with Gasteiger partial charge in [0.2, 0.25) is 0 Å². The van der Waals surface area contributed by atoms with Crippen LogP contribution in [0.15, 0.2) is 91.1 Å². The Morgan fingerprint density at radius 3 is 2.54 bits per heavy atom. The van der Waals surface area contributed by atoms with Crippen molar-refractivity contribution in [1.29, 1.82) is 0 Å². The molecule has 5 aromatic rings. The molecule has 0 radical (unpaired) electrons. The number of nitrogens with zero attached hydrogens (tertiary/aromatic N) is 4. The van der Waals surface area contributed by atoms with Crippen LogP contribution >= 0.6 is 11.6 Å². The third-order valence-electron chi connectivity index (χ3n) is 6.95. The molecule has 7 nitrogen and oxygen atoms in total. The summed E-state index contributed by atoms with van der Waals surface area (Å²) in [5.41, 5.74) is 4.84. The number of aromatic nitrogens is 3. The molecule has 1 aliphatic heterocycles. The van der Waals surface area contributed by atoms with E-state index in [0.717, 1.165) is 39.8 Å². The summed E-state index contributed by atoms with van der Waals surface area (Å²) >= 11 is 6.00. The number of hydrogen-bond donors (Lipinski definition) is 1. The summed E-state index contributed by atoms with van der Waals surface area (Å²) in [4.78, 5) is 15.7. The third-order valence-corrected chi connectivity index (χ3v) is 7.24. The Bertz CT molecular complexity index is 1660. The van der Waals surface area contributed by atoms with Crippen molar-refractivity contribution in [2.75, 3.05) is 12.4 Å². The molecule has 3 aromatic carbocycles. The van der Waals surface area contributed by atoms with E-state index in [1.807, 2.05) is 84.5 Å². The number of halogens is 2. The van der Waals surface area contributed by atoms with Gasteiger partial charge in [-0.25, -0.2) is 13.9 Å². The molecule has 3 heterocycles. The molecule has 1 N–H and O–H groups in total. The summed E-state index contributed by atoms with van der Waals surface area (Å²) in [5, 5.41) is 7.72. The number of methoxy groups -OCH3 is 1. The first-order valence-electron chi connectivity index (χ1n) is 12.4. The highest BCUT2D eigenvalue weighted by atomic mass is 35.5. The van der Waals surface area contributed by atoms with Gasteiger partial charge in [0.25, 0.3) is 0 Å². The highest BCUT2D eigenvalue weighted by Crippen LogP contribution is 2.39. The molecule has 0 bridgehead atoms. The first kappa shape index (κ1) is 24.8. The molecule has 0 unspecified atom stereocenters. The van der Waals surface area contributed by atoms with E-state index in [4.69, 9.17) is 21.4 Å². The van der Waals surface area contributed by atoms with Crippen LogP contribution in [0.5, 0.6) is 5.75 Å². The number of aryl methyl sites for hydroxylation is 1. The molecule has 0 saturated heterocycles. The van der Waals surface area contributed by atoms with E-state index in [-0.39, 0.29) is 17.6 Å². The molecule has 0 spiro atoms. The van der Waals surface area contributed by atoms with Gasteiger partial charge in [-0.2, -0.15) is 5.10 Å². The van der Waals surface area contributed by atoms with Crippen molar-refractivity contribution in [3.8, 4) is 17.3 Å². The Balaban J connectivity index is 1.52. The second-order valence-corrected chi connectivity index (χ2v) is 9.71. The molecule has 9 heteroatoms. The molecule has 0 saturated carbocycles. The minimum Gasteiger partial charge on any atom is -0.497 e. The van der Waals surface area contributed by atoms with E-state index in [1.54, 1.807) is 12.0 Å². The van der Waals surface area contributed by atoms with Gasteiger partial charge >= 0.3 is 6.03 Å². The van der Waals surface area contributed by atoms with Crippen LogP contribution in [0.1, 0.15) is 28.6 Å². The fourth-order valence-corrected chi connectivity index (χ4v) is 5.24. The maximum atomic E-state index is 14.0. The lowest BCUT2D eigenvalue weighted by Gasteiger charge is -2.31. The molecule has 0 fully saturated rings. The highest BCUT2D eigenvalue weighted by Gasteiger charge is 2.36. The van der Waals surface area contributed by atoms with Crippen molar-refractivity contribution in [1.82, 2.24) is 19.2 Å². The Morgan fingerprint density at radius 2 is 1.82 bits per heavy atom. The predicted octanol–water partition coefficient (Wildman–Crippen LogP) is 6.91. The van der Waals surface area contributed by atoms with Crippen molar-refractivity contribution in [2.45, 2.75) is 19.5 Å². The summed E-state index contributed by atoms with van der Waals surface area (Å²) in [6, 6.07) is 24.9. The number of anilines is 1. The zero-order valence-corrected chi connectivity index (χ0v) is 22.1. The van der Waals surface area contributed by atoms with Crippen LogP contribution < -0.4 is 10.1 Å². The minimum atomic E-state index is -0.549. The smallest absolute Gasteiger partial charge is 0.322 e. The Morgan fingerprint density at radius 1 is 1.05 bits per heavy atom. The monoisotopic (exact) mass is 541 g/mol. The molecule has 0 aliphatic carbocycles. The van der Waals surface area contributed by atoms with E-state index in [0.29, 0.717) is 5.69 Å². The number of fused-ring (bicyclic) bond motifs is 3. The number of benzene rings is 3. The van der Waals surface area contributed by atoms with Gasteiger partial charge in [-0.15, -0.1) is 0 Å². The van der Waals surface area contributed by atoms with Crippen LogP contribution in [0.2, 0.25) is 5.02 Å². The number of urea groups is 1. The molecule has 1 atom stereocenters. The summed E-state index contributed by atoms with van der Waals surface area (Å²) in [6.45, 7) is 2.23. The number of para-hydroxylation sites is 1. The highest BCUT2D eigenvalue weighted by molar-refractivity contribution is 6.31. The minimum absolute atomic E-state index is 0.0634. The lowest BCUT2D eigenvalue weighted by Crippen LogP contribution is -2.38. The van der Waals surface area contributed by atoms with E-state index in [1.165, 1.54) is 18.2 Å². The number of ether oxygens (including phenoxy) is 1. The SMILES string of the molecule is COc1ccc([C@@H]2c3cccn3-c3c(c(C)nn3-c3ccccc3)CN2C(=O)Nc2ccc(F)c(Cl)c2)cc1. The average Bonchev–Trinajstić information content (AvgIpc) is 3.51. The van der Waals surface area contributed by atoms with Crippen molar-refractivity contribution in [3.63, 3.8) is 0 Å². The zero-order chi connectivity index (χ0) is 27.1. The zero-order valence-electron chi connectivity index (χ0n) is 21.3. The quantitative estimate of drug-likeness (QED) is 0.269. The predicted molar refractivity (Wildman–Crippen MR) is 148 cm³/mol. The fraction of sp³-hybridized carbons (Fsp3) is 0.133. The van der Waals surface area contributed by atoms with Crippen LogP contribution in [-0.4, -0.2) is 32.4 Å². The molecule has 39 heavy (non-hydrogen) atoms. The maximum Gasteiger partial charge on any atom is 0.322 e.